The van der Waals surface area contributed by atoms with Crippen molar-refractivity contribution in [2.24, 2.45) is 11.8 Å². The Bertz CT molecular complexity index is 174. The molecule has 0 bridgehead atoms. The van der Waals surface area contributed by atoms with Gasteiger partial charge in [-0.25, -0.2) is 0 Å². The highest BCUT2D eigenvalue weighted by Crippen LogP contribution is 2.38. The molecule has 1 saturated carbocycles. The van der Waals surface area contributed by atoms with Crippen LogP contribution in [0.4, 0.5) is 0 Å². The summed E-state index contributed by atoms with van der Waals surface area (Å²) < 4.78 is 1.39. The van der Waals surface area contributed by atoms with E-state index in [1.54, 1.807) is 0 Å². The van der Waals surface area contributed by atoms with Gasteiger partial charge in [0.15, 0.2) is 0 Å². The molecule has 14 heavy (non-hydrogen) atoms. The molecule has 0 N–H and O–H groups in total. The van der Waals surface area contributed by atoms with Crippen LogP contribution < -0.4 is 0 Å². The largest absolute Gasteiger partial charge is 0.326 e. The molecule has 0 aromatic carbocycles. The second kappa shape index (κ2) is 4.22. The smallest absolute Gasteiger partial charge is 0.0818 e. The van der Waals surface area contributed by atoms with Crippen molar-refractivity contribution >= 4 is 0 Å². The highest BCUT2D eigenvalue weighted by Gasteiger charge is 2.42. The Morgan fingerprint density at radius 1 is 1.07 bits per heavy atom. The van der Waals surface area contributed by atoms with E-state index in [9.17, 15) is 0 Å². The number of quaternary nitrogens is 1. The number of rotatable bonds is 3. The van der Waals surface area contributed by atoms with Crippen LogP contribution in [-0.4, -0.2) is 31.2 Å². The molecule has 2 aliphatic rings. The molecule has 0 amide bonds. The van der Waals surface area contributed by atoms with E-state index >= 15 is 0 Å². The molecule has 1 heteroatoms. The molecule has 2 fully saturated rings. The van der Waals surface area contributed by atoms with Crippen LogP contribution in [0.25, 0.3) is 0 Å². The Labute approximate surface area is 89.1 Å². The van der Waals surface area contributed by atoms with E-state index in [1.165, 1.54) is 62.6 Å². The molecule has 0 aromatic heterocycles. The molecule has 2 unspecified atom stereocenters. The van der Waals surface area contributed by atoms with Crippen LogP contribution in [0.15, 0.2) is 0 Å². The molecule has 1 nitrogen and oxygen atoms in total. The van der Waals surface area contributed by atoms with Crippen molar-refractivity contribution in [3.8, 4) is 0 Å². The van der Waals surface area contributed by atoms with Gasteiger partial charge in [-0.05, 0) is 19.3 Å². The average Bonchev–Trinajstić information content (AvgIpc) is 2.51. The van der Waals surface area contributed by atoms with E-state index < -0.39 is 0 Å². The summed E-state index contributed by atoms with van der Waals surface area (Å²) in [5.74, 6) is 2.18. The predicted octanol–water partition coefficient (Wildman–Crippen LogP) is 3.05. The van der Waals surface area contributed by atoms with Crippen LogP contribution >= 0.6 is 0 Å². The van der Waals surface area contributed by atoms with Crippen molar-refractivity contribution in [1.29, 1.82) is 0 Å². The Morgan fingerprint density at radius 2 is 1.64 bits per heavy atom. The van der Waals surface area contributed by atoms with Crippen molar-refractivity contribution in [1.82, 2.24) is 0 Å². The van der Waals surface area contributed by atoms with Crippen molar-refractivity contribution < 1.29 is 4.48 Å². The van der Waals surface area contributed by atoms with E-state index in [1.807, 2.05) is 0 Å². The van der Waals surface area contributed by atoms with Crippen molar-refractivity contribution in [2.45, 2.75) is 45.4 Å². The fraction of sp³-hybridized carbons (Fsp3) is 1.00. The quantitative estimate of drug-likeness (QED) is 0.609. The van der Waals surface area contributed by atoms with Gasteiger partial charge in [0.2, 0.25) is 0 Å². The summed E-state index contributed by atoms with van der Waals surface area (Å²) in [6.45, 7) is 6.73. The standard InChI is InChI=1S/C13H26N/c1-3-4-9-14(2)10-12-7-5-6-8-13(12)11-14/h12-13H,3-11H2,1-2H3/q+1. The van der Waals surface area contributed by atoms with Gasteiger partial charge in [-0.15, -0.1) is 0 Å². The maximum atomic E-state index is 2.49. The molecule has 82 valence electrons. The molecule has 1 heterocycles. The van der Waals surface area contributed by atoms with Gasteiger partial charge >= 0.3 is 0 Å². The minimum absolute atomic E-state index is 1.09. The Hall–Kier alpha value is -0.0400. The van der Waals surface area contributed by atoms with Gasteiger partial charge in [-0.2, -0.15) is 0 Å². The number of fused-ring (bicyclic) bond motifs is 1. The minimum Gasteiger partial charge on any atom is -0.326 e. The molecule has 0 aromatic rings. The summed E-state index contributed by atoms with van der Waals surface area (Å²) in [6.07, 6.45) is 8.87. The van der Waals surface area contributed by atoms with Crippen molar-refractivity contribution in [2.75, 3.05) is 26.7 Å². The molecule has 0 spiro atoms. The summed E-state index contributed by atoms with van der Waals surface area (Å²) in [7, 11) is 2.49. The fourth-order valence-electron chi connectivity index (χ4n) is 3.69. The van der Waals surface area contributed by atoms with E-state index in [2.05, 4.69) is 14.0 Å². The zero-order chi connectivity index (χ0) is 10.0. The van der Waals surface area contributed by atoms with E-state index in [-0.39, 0.29) is 0 Å². The highest BCUT2D eigenvalue weighted by atomic mass is 15.3. The number of hydrogen-bond donors (Lipinski definition) is 0. The molecule has 0 radical (unpaired) electrons. The van der Waals surface area contributed by atoms with Crippen LogP contribution in [0.5, 0.6) is 0 Å². The first-order valence-corrected chi connectivity index (χ1v) is 6.57. The number of hydrogen-bond acceptors (Lipinski definition) is 0. The Morgan fingerprint density at radius 3 is 2.14 bits per heavy atom. The highest BCUT2D eigenvalue weighted by molar-refractivity contribution is 4.80. The van der Waals surface area contributed by atoms with Crippen molar-refractivity contribution in [3.05, 3.63) is 0 Å². The van der Waals surface area contributed by atoms with Crippen LogP contribution in [-0.2, 0) is 0 Å². The Kier molecular flexibility index (Phi) is 3.16. The van der Waals surface area contributed by atoms with Gasteiger partial charge in [-0.3, -0.25) is 0 Å². The monoisotopic (exact) mass is 196 g/mol. The lowest BCUT2D eigenvalue weighted by Gasteiger charge is -2.29. The first-order valence-electron chi connectivity index (χ1n) is 6.57. The van der Waals surface area contributed by atoms with Gasteiger partial charge < -0.3 is 4.48 Å². The molecule has 2 atom stereocenters. The Balaban J connectivity index is 1.90. The zero-order valence-electron chi connectivity index (χ0n) is 9.97. The lowest BCUT2D eigenvalue weighted by molar-refractivity contribution is -0.900. The molecule has 2 rings (SSSR count). The van der Waals surface area contributed by atoms with E-state index in [0.29, 0.717) is 0 Å². The SMILES string of the molecule is CCCC[N+]1(C)CC2CCCCC2C1. The van der Waals surface area contributed by atoms with Crippen LogP contribution in [0.1, 0.15) is 45.4 Å². The second-order valence-electron chi connectivity index (χ2n) is 5.87. The summed E-state index contributed by atoms with van der Waals surface area (Å²) in [6, 6.07) is 0. The normalized spacial score (nSPS) is 42.4. The second-order valence-corrected chi connectivity index (χ2v) is 5.87. The van der Waals surface area contributed by atoms with Crippen molar-refractivity contribution in [3.63, 3.8) is 0 Å². The molecule has 1 aliphatic carbocycles. The van der Waals surface area contributed by atoms with Gasteiger partial charge in [0, 0.05) is 11.8 Å². The summed E-state index contributed by atoms with van der Waals surface area (Å²) in [5.41, 5.74) is 0. The van der Waals surface area contributed by atoms with Gasteiger partial charge in [0.05, 0.1) is 26.7 Å². The summed E-state index contributed by atoms with van der Waals surface area (Å²) in [4.78, 5) is 0. The maximum absolute atomic E-state index is 2.49. The number of nitrogens with zero attached hydrogens (tertiary/aromatic N) is 1. The first-order chi connectivity index (χ1) is 6.73. The third kappa shape index (κ3) is 2.13. The van der Waals surface area contributed by atoms with Gasteiger partial charge in [-0.1, -0.05) is 26.2 Å². The van der Waals surface area contributed by atoms with Crippen LogP contribution in [0, 0.1) is 11.8 Å². The van der Waals surface area contributed by atoms with E-state index in [4.69, 9.17) is 0 Å². The van der Waals surface area contributed by atoms with Gasteiger partial charge in [0.1, 0.15) is 0 Å². The lowest BCUT2D eigenvalue weighted by Crippen LogP contribution is -2.42. The fourth-order valence-corrected chi connectivity index (χ4v) is 3.69. The zero-order valence-corrected chi connectivity index (χ0v) is 9.97. The molecular weight excluding hydrogens is 170 g/mol. The summed E-state index contributed by atoms with van der Waals surface area (Å²) in [5, 5.41) is 0. The topological polar surface area (TPSA) is 0 Å². The minimum atomic E-state index is 1.09. The molecule has 1 saturated heterocycles. The lowest BCUT2D eigenvalue weighted by atomic mass is 9.82. The maximum Gasteiger partial charge on any atom is 0.0818 e. The first kappa shape index (κ1) is 10.5. The molecule has 1 aliphatic heterocycles. The van der Waals surface area contributed by atoms with Crippen LogP contribution in [0.3, 0.4) is 0 Å². The average molecular weight is 196 g/mol. The number of likely N-dealkylation sites (tertiary alicyclic amines) is 1. The molecular formula is C13H26N+. The summed E-state index contributed by atoms with van der Waals surface area (Å²) >= 11 is 0. The predicted molar refractivity (Wildman–Crippen MR) is 61.1 cm³/mol. The third-order valence-corrected chi connectivity index (χ3v) is 4.47. The van der Waals surface area contributed by atoms with E-state index in [0.717, 1.165) is 11.8 Å². The third-order valence-electron chi connectivity index (χ3n) is 4.47. The van der Waals surface area contributed by atoms with Gasteiger partial charge in [0.25, 0.3) is 0 Å². The number of unbranched alkanes of at least 4 members (excludes halogenated alkanes) is 1. The van der Waals surface area contributed by atoms with Crippen LogP contribution in [0.2, 0.25) is 0 Å².